The van der Waals surface area contributed by atoms with Crippen molar-refractivity contribution in [3.8, 4) is 5.75 Å². The lowest BCUT2D eigenvalue weighted by Crippen LogP contribution is -2.60. The maximum Gasteiger partial charge on any atom is 0.408 e. The molecule has 1 amide bonds. The Hall–Kier alpha value is -3.44. The number of hydrogen-bond acceptors (Lipinski definition) is 6. The zero-order chi connectivity index (χ0) is 26.5. The fourth-order valence-corrected chi connectivity index (χ4v) is 6.00. The Morgan fingerprint density at radius 1 is 1.14 bits per heavy atom. The lowest BCUT2D eigenvalue weighted by molar-refractivity contribution is -0.173. The van der Waals surface area contributed by atoms with Gasteiger partial charge in [0.2, 0.25) is 5.43 Å². The highest BCUT2D eigenvalue weighted by Crippen LogP contribution is 2.44. The summed E-state index contributed by atoms with van der Waals surface area (Å²) in [6, 6.07) is 11.7. The summed E-state index contributed by atoms with van der Waals surface area (Å²) in [6.07, 6.45) is -3.39. The van der Waals surface area contributed by atoms with Gasteiger partial charge in [-0.25, -0.2) is 0 Å². The van der Waals surface area contributed by atoms with E-state index >= 15 is 0 Å². The first kappa shape index (κ1) is 25.2. The van der Waals surface area contributed by atoms with Gasteiger partial charge in [0.05, 0.1) is 12.6 Å². The fourth-order valence-electron chi connectivity index (χ4n) is 4.92. The molecule has 0 fully saturated rings. The maximum atomic E-state index is 13.9. The number of ether oxygens (including phenoxy) is 1. The van der Waals surface area contributed by atoms with Crippen LogP contribution in [0.1, 0.15) is 45.7 Å². The number of carbonyl (C=O) groups is 1. The minimum absolute atomic E-state index is 0.268. The summed E-state index contributed by atoms with van der Waals surface area (Å²) < 4.78 is 48.4. The second kappa shape index (κ2) is 9.46. The molecule has 0 spiro atoms. The van der Waals surface area contributed by atoms with Crippen molar-refractivity contribution in [1.82, 2.24) is 9.58 Å². The number of pyridine rings is 1. The van der Waals surface area contributed by atoms with Gasteiger partial charge < -0.3 is 14.7 Å². The summed E-state index contributed by atoms with van der Waals surface area (Å²) in [5.74, 6) is -1.34. The second-order valence-electron chi connectivity index (χ2n) is 8.95. The standard InChI is InChI=1S/C26H24F3N3O4S/c1-15(26(27,28)29)30-14-32(31-11-10-19(33)24(34)23(31)25(30)35)22-18-8-3-4-9-20(18)37-13-17-7-5-6-16(12-36-2)21(17)22/h3-11,15,22,34H,12-14H2,1-2H3/t15-,22-/m1/s1. The Labute approximate surface area is 215 Å². The van der Waals surface area contributed by atoms with Gasteiger partial charge in [0.1, 0.15) is 12.7 Å². The van der Waals surface area contributed by atoms with Gasteiger partial charge >= 0.3 is 6.18 Å². The van der Waals surface area contributed by atoms with Crippen LogP contribution in [-0.4, -0.2) is 46.6 Å². The van der Waals surface area contributed by atoms with Gasteiger partial charge in [-0.15, -0.1) is 11.8 Å². The van der Waals surface area contributed by atoms with E-state index in [1.807, 2.05) is 42.5 Å². The van der Waals surface area contributed by atoms with Crippen LogP contribution in [0.15, 0.2) is 64.4 Å². The summed E-state index contributed by atoms with van der Waals surface area (Å²) in [7, 11) is 1.57. The summed E-state index contributed by atoms with van der Waals surface area (Å²) >= 11 is 1.61. The van der Waals surface area contributed by atoms with Gasteiger partial charge in [-0.3, -0.25) is 19.3 Å². The minimum atomic E-state index is -4.72. The van der Waals surface area contributed by atoms with Gasteiger partial charge in [0.25, 0.3) is 5.91 Å². The Morgan fingerprint density at radius 2 is 1.89 bits per heavy atom. The van der Waals surface area contributed by atoms with Crippen molar-refractivity contribution in [3.63, 3.8) is 0 Å². The number of rotatable bonds is 4. The van der Waals surface area contributed by atoms with Gasteiger partial charge in [-0.1, -0.05) is 36.4 Å². The lowest BCUT2D eigenvalue weighted by Gasteiger charge is -2.46. The van der Waals surface area contributed by atoms with Gasteiger partial charge in [-0.2, -0.15) is 13.2 Å². The number of methoxy groups -OCH3 is 1. The topological polar surface area (TPSA) is 75.0 Å². The van der Waals surface area contributed by atoms with Crippen LogP contribution in [0.4, 0.5) is 13.2 Å². The van der Waals surface area contributed by atoms with Crippen LogP contribution in [0.3, 0.4) is 0 Å². The van der Waals surface area contributed by atoms with Gasteiger partial charge in [0, 0.05) is 30.0 Å². The molecule has 0 aliphatic carbocycles. The molecular weight excluding hydrogens is 507 g/mol. The Kier molecular flexibility index (Phi) is 6.45. The number of amides is 1. The van der Waals surface area contributed by atoms with Crippen molar-refractivity contribution in [2.45, 2.75) is 42.4 Å². The normalized spacial score (nSPS) is 18.1. The molecular formula is C26H24F3N3O4S. The first-order valence-corrected chi connectivity index (χ1v) is 12.5. The van der Waals surface area contributed by atoms with Crippen molar-refractivity contribution in [2.24, 2.45) is 0 Å². The molecule has 0 saturated carbocycles. The molecule has 3 heterocycles. The van der Waals surface area contributed by atoms with Crippen molar-refractivity contribution in [3.05, 3.63) is 92.9 Å². The molecule has 1 aromatic heterocycles. The predicted octanol–water partition coefficient (Wildman–Crippen LogP) is 4.40. The minimum Gasteiger partial charge on any atom is -0.502 e. The highest BCUT2D eigenvalue weighted by molar-refractivity contribution is 7.98. The monoisotopic (exact) mass is 531 g/mol. The molecule has 0 bridgehead atoms. The van der Waals surface area contributed by atoms with Crippen molar-refractivity contribution in [2.75, 3.05) is 18.8 Å². The van der Waals surface area contributed by atoms with Crippen LogP contribution in [0, 0.1) is 0 Å². The van der Waals surface area contributed by atoms with E-state index < -0.39 is 47.7 Å². The number of carbonyl (C=O) groups excluding carboxylic acids is 1. The lowest BCUT2D eigenvalue weighted by atomic mass is 9.90. The smallest absolute Gasteiger partial charge is 0.408 e. The largest absolute Gasteiger partial charge is 0.502 e. The quantitative estimate of drug-likeness (QED) is 0.538. The Morgan fingerprint density at radius 3 is 2.62 bits per heavy atom. The highest BCUT2D eigenvalue weighted by Gasteiger charge is 2.47. The number of hydrogen-bond donors (Lipinski definition) is 1. The first-order valence-electron chi connectivity index (χ1n) is 11.5. The van der Waals surface area contributed by atoms with Crippen LogP contribution in [0.25, 0.3) is 0 Å². The molecule has 7 nitrogen and oxygen atoms in total. The van der Waals surface area contributed by atoms with E-state index in [4.69, 9.17) is 4.74 Å². The van der Waals surface area contributed by atoms with E-state index in [1.54, 1.807) is 23.9 Å². The van der Waals surface area contributed by atoms with E-state index in [2.05, 4.69) is 0 Å². The summed E-state index contributed by atoms with van der Waals surface area (Å²) in [5, 5.41) is 12.2. The first-order chi connectivity index (χ1) is 17.6. The number of aromatic nitrogens is 1. The predicted molar refractivity (Wildman–Crippen MR) is 132 cm³/mol. The Bertz CT molecular complexity index is 1420. The van der Waals surface area contributed by atoms with E-state index in [1.165, 1.54) is 10.9 Å². The molecule has 2 aliphatic heterocycles. The molecule has 2 aromatic carbocycles. The molecule has 1 N–H and O–H groups in total. The third-order valence-electron chi connectivity index (χ3n) is 6.79. The van der Waals surface area contributed by atoms with Crippen LogP contribution < -0.4 is 10.4 Å². The Balaban J connectivity index is 1.81. The average Bonchev–Trinajstić information content (AvgIpc) is 3.03. The summed E-state index contributed by atoms with van der Waals surface area (Å²) in [5.41, 5.74) is 2.14. The van der Waals surface area contributed by atoms with Crippen LogP contribution in [0.2, 0.25) is 0 Å². The molecule has 0 radical (unpaired) electrons. The van der Waals surface area contributed by atoms with Crippen molar-refractivity contribution >= 4 is 17.7 Å². The van der Waals surface area contributed by atoms with Crippen molar-refractivity contribution in [1.29, 1.82) is 0 Å². The maximum absolute atomic E-state index is 13.9. The van der Waals surface area contributed by atoms with Crippen molar-refractivity contribution < 1.29 is 27.8 Å². The second-order valence-corrected chi connectivity index (χ2v) is 9.96. The molecule has 0 saturated heterocycles. The summed E-state index contributed by atoms with van der Waals surface area (Å²) in [6.45, 7) is 0.731. The molecule has 2 aliphatic rings. The summed E-state index contributed by atoms with van der Waals surface area (Å²) in [4.78, 5) is 27.2. The molecule has 37 heavy (non-hydrogen) atoms. The number of halogens is 3. The third kappa shape index (κ3) is 4.25. The number of aromatic hydroxyl groups is 1. The highest BCUT2D eigenvalue weighted by atomic mass is 32.2. The molecule has 5 rings (SSSR count). The third-order valence-corrected chi connectivity index (χ3v) is 7.93. The van der Waals surface area contributed by atoms with E-state index in [0.717, 1.165) is 40.1 Å². The molecule has 3 aromatic rings. The van der Waals surface area contributed by atoms with E-state index in [-0.39, 0.29) is 6.61 Å². The fraction of sp³-hybridized carbons (Fsp3) is 0.308. The number of nitrogens with zero attached hydrogens (tertiary/aromatic N) is 3. The molecule has 194 valence electrons. The number of fused-ring (bicyclic) bond motifs is 3. The van der Waals surface area contributed by atoms with Gasteiger partial charge in [-0.05, 0) is 35.2 Å². The zero-order valence-electron chi connectivity index (χ0n) is 20.0. The van der Waals surface area contributed by atoms with Crippen LogP contribution in [0.5, 0.6) is 5.75 Å². The number of benzene rings is 2. The molecule has 0 unspecified atom stereocenters. The number of alkyl halides is 3. The van der Waals surface area contributed by atoms with E-state index in [9.17, 15) is 27.9 Å². The van der Waals surface area contributed by atoms with Gasteiger partial charge in [0.15, 0.2) is 11.4 Å². The zero-order valence-corrected chi connectivity index (χ0v) is 20.8. The average molecular weight is 532 g/mol. The van der Waals surface area contributed by atoms with E-state index in [0.29, 0.717) is 10.7 Å². The molecule has 2 atom stereocenters. The van der Waals surface area contributed by atoms with Crippen LogP contribution in [-0.2, 0) is 17.1 Å². The molecule has 11 heteroatoms. The SMILES string of the molecule is COCc1cccc2c1[C@H](N1CN([C@H](C)C(F)(F)F)C(=O)c3c(O)c(=O)ccn31)c1ccccc1SC2. The van der Waals surface area contributed by atoms with Crippen LogP contribution >= 0.6 is 11.8 Å². The number of thioether (sulfide) groups is 1.